The molecule has 3 aromatic rings. The van der Waals surface area contributed by atoms with Gasteiger partial charge in [0.15, 0.2) is 5.82 Å². The molecule has 7 nitrogen and oxygen atoms in total. The summed E-state index contributed by atoms with van der Waals surface area (Å²) in [4.78, 5) is 36.3. The first-order valence-electron chi connectivity index (χ1n) is 9.66. The zero-order valence-electron chi connectivity index (χ0n) is 17.9. The fraction of sp³-hybridized carbons (Fsp3) is 0.273. The number of carbonyl (C=O) groups excluding carboxylic acids is 1. The van der Waals surface area contributed by atoms with Crippen LogP contribution in [0, 0.1) is 0 Å². The SMILES string of the molecule is CO[C@@](C)(C(=O)N(C)Cc1ccc(Cl)c(-c2nc(-c3ccccc3)nc(=O)[nH]2)c1)C(F)(F)F. The van der Waals surface area contributed by atoms with Crippen LogP contribution in [0.5, 0.6) is 0 Å². The Morgan fingerprint density at radius 2 is 1.82 bits per heavy atom. The number of aromatic amines is 1. The van der Waals surface area contributed by atoms with Crippen molar-refractivity contribution in [3.05, 3.63) is 69.6 Å². The third-order valence-corrected chi connectivity index (χ3v) is 5.42. The Bertz CT molecular complexity index is 1220. The van der Waals surface area contributed by atoms with Gasteiger partial charge in [0.1, 0.15) is 5.82 Å². The highest BCUT2D eigenvalue weighted by atomic mass is 35.5. The summed E-state index contributed by atoms with van der Waals surface area (Å²) in [7, 11) is 2.06. The number of aromatic nitrogens is 3. The predicted molar refractivity (Wildman–Crippen MR) is 116 cm³/mol. The fourth-order valence-corrected chi connectivity index (χ4v) is 3.32. The van der Waals surface area contributed by atoms with Crippen molar-refractivity contribution in [2.24, 2.45) is 0 Å². The normalized spacial score (nSPS) is 13.4. The van der Waals surface area contributed by atoms with Gasteiger partial charge in [-0.15, -0.1) is 0 Å². The molecule has 11 heteroatoms. The van der Waals surface area contributed by atoms with Gasteiger partial charge in [0.25, 0.3) is 5.91 Å². The molecule has 0 spiro atoms. The number of H-pyrrole nitrogens is 1. The lowest BCUT2D eigenvalue weighted by molar-refractivity contribution is -0.258. The molecule has 1 aromatic heterocycles. The minimum Gasteiger partial charge on any atom is -0.361 e. The number of likely N-dealkylation sites (N-methyl/N-ethyl adjacent to an activating group) is 1. The second-order valence-corrected chi connectivity index (χ2v) is 7.81. The van der Waals surface area contributed by atoms with E-state index in [4.69, 9.17) is 11.6 Å². The molecule has 0 unspecified atom stereocenters. The molecule has 1 atom stereocenters. The van der Waals surface area contributed by atoms with Gasteiger partial charge in [-0.2, -0.15) is 18.2 Å². The van der Waals surface area contributed by atoms with Crippen LogP contribution in [-0.4, -0.2) is 51.7 Å². The summed E-state index contributed by atoms with van der Waals surface area (Å²) in [5.41, 5.74) is -2.22. The topological polar surface area (TPSA) is 88.2 Å². The fourth-order valence-electron chi connectivity index (χ4n) is 3.11. The molecule has 0 saturated carbocycles. The summed E-state index contributed by atoms with van der Waals surface area (Å²) in [6, 6.07) is 13.4. The summed E-state index contributed by atoms with van der Waals surface area (Å²) in [5.74, 6) is -0.938. The minimum atomic E-state index is -4.90. The number of benzene rings is 2. The van der Waals surface area contributed by atoms with Gasteiger partial charge in [-0.3, -0.25) is 9.78 Å². The second kappa shape index (κ2) is 9.32. The lowest BCUT2D eigenvalue weighted by Crippen LogP contribution is -2.56. The molecule has 0 aliphatic carbocycles. The van der Waals surface area contributed by atoms with E-state index in [1.54, 1.807) is 30.3 Å². The van der Waals surface area contributed by atoms with Crippen LogP contribution in [0.2, 0.25) is 5.02 Å². The minimum absolute atomic E-state index is 0.131. The maximum absolute atomic E-state index is 13.4. The van der Waals surface area contributed by atoms with Gasteiger partial charge in [-0.1, -0.05) is 48.0 Å². The van der Waals surface area contributed by atoms with Crippen molar-refractivity contribution in [3.63, 3.8) is 0 Å². The van der Waals surface area contributed by atoms with Crippen LogP contribution in [0.3, 0.4) is 0 Å². The highest BCUT2D eigenvalue weighted by Crippen LogP contribution is 2.35. The van der Waals surface area contributed by atoms with Gasteiger partial charge in [-0.25, -0.2) is 9.78 Å². The molecule has 1 heterocycles. The van der Waals surface area contributed by atoms with Gasteiger partial charge in [0, 0.05) is 31.8 Å². The number of nitrogens with zero attached hydrogens (tertiary/aromatic N) is 3. The summed E-state index contributed by atoms with van der Waals surface area (Å²) in [6.07, 6.45) is -4.90. The maximum Gasteiger partial charge on any atom is 0.426 e. The number of hydrogen-bond acceptors (Lipinski definition) is 5. The number of amides is 1. The van der Waals surface area contributed by atoms with Crippen molar-refractivity contribution in [3.8, 4) is 22.8 Å². The van der Waals surface area contributed by atoms with E-state index in [0.29, 0.717) is 23.6 Å². The third-order valence-electron chi connectivity index (χ3n) is 5.09. The first kappa shape index (κ1) is 24.4. The molecule has 0 fully saturated rings. The number of rotatable bonds is 6. The number of alkyl halides is 3. The van der Waals surface area contributed by atoms with E-state index in [1.165, 1.54) is 19.2 Å². The number of ether oxygens (including phenoxy) is 1. The van der Waals surface area contributed by atoms with Gasteiger partial charge >= 0.3 is 11.9 Å². The van der Waals surface area contributed by atoms with Crippen molar-refractivity contribution in [2.75, 3.05) is 14.2 Å². The Kier molecular flexibility index (Phi) is 6.89. The maximum atomic E-state index is 13.4. The molecular formula is C22H20ClF3N4O3. The standard InChI is InChI=1S/C22H20ClF3N4O3/c1-21(33-3,22(24,25)26)19(31)30(2)12-13-9-10-16(23)15(11-13)18-27-17(28-20(32)29-18)14-7-5-4-6-8-14/h4-11H,12H2,1-3H3,(H,27,28,29,32)/t21-/m0/s1. The van der Waals surface area contributed by atoms with Gasteiger partial charge < -0.3 is 9.64 Å². The number of nitrogens with one attached hydrogen (secondary N) is 1. The highest BCUT2D eigenvalue weighted by molar-refractivity contribution is 6.33. The zero-order chi connectivity index (χ0) is 24.4. The smallest absolute Gasteiger partial charge is 0.361 e. The van der Waals surface area contributed by atoms with Crippen LogP contribution < -0.4 is 5.69 Å². The molecule has 2 aromatic carbocycles. The van der Waals surface area contributed by atoms with Crippen molar-refractivity contribution in [1.29, 1.82) is 0 Å². The summed E-state index contributed by atoms with van der Waals surface area (Å²) in [6.45, 7) is 0.509. The van der Waals surface area contributed by atoms with Crippen LogP contribution in [0.4, 0.5) is 13.2 Å². The largest absolute Gasteiger partial charge is 0.426 e. The van der Waals surface area contributed by atoms with E-state index in [9.17, 15) is 22.8 Å². The Hall–Kier alpha value is -3.24. The van der Waals surface area contributed by atoms with Gasteiger partial charge in [-0.05, 0) is 24.6 Å². The van der Waals surface area contributed by atoms with Crippen molar-refractivity contribution < 1.29 is 22.7 Å². The Balaban J connectivity index is 1.95. The highest BCUT2D eigenvalue weighted by Gasteiger charge is 2.58. The van der Waals surface area contributed by atoms with E-state index in [1.807, 2.05) is 6.07 Å². The molecule has 0 aliphatic rings. The second-order valence-electron chi connectivity index (χ2n) is 7.40. The van der Waals surface area contributed by atoms with Gasteiger partial charge in [0.2, 0.25) is 5.60 Å². The van der Waals surface area contributed by atoms with E-state index >= 15 is 0 Å². The van der Waals surface area contributed by atoms with Crippen molar-refractivity contribution in [2.45, 2.75) is 25.2 Å². The molecule has 0 radical (unpaired) electrons. The molecule has 174 valence electrons. The Labute approximate surface area is 192 Å². The van der Waals surface area contributed by atoms with E-state index in [-0.39, 0.29) is 23.2 Å². The Morgan fingerprint density at radius 1 is 1.15 bits per heavy atom. The van der Waals surface area contributed by atoms with Crippen LogP contribution in [0.25, 0.3) is 22.8 Å². The summed E-state index contributed by atoms with van der Waals surface area (Å²) >= 11 is 6.30. The molecular weight excluding hydrogens is 461 g/mol. The number of hydrogen-bond donors (Lipinski definition) is 1. The summed E-state index contributed by atoms with van der Waals surface area (Å²) in [5, 5.41) is 0.248. The number of methoxy groups -OCH3 is 1. The molecule has 0 aliphatic heterocycles. The van der Waals surface area contributed by atoms with Crippen LogP contribution in [-0.2, 0) is 16.1 Å². The third kappa shape index (κ3) is 5.07. The first-order chi connectivity index (χ1) is 15.5. The van der Waals surface area contributed by atoms with Crippen molar-refractivity contribution >= 4 is 17.5 Å². The quantitative estimate of drug-likeness (QED) is 0.574. The first-order valence-corrected chi connectivity index (χ1v) is 10.0. The van der Waals surface area contributed by atoms with Crippen molar-refractivity contribution in [1.82, 2.24) is 19.9 Å². The molecule has 3 rings (SSSR count). The van der Waals surface area contributed by atoms with Gasteiger partial charge in [0.05, 0.1) is 5.02 Å². The monoisotopic (exact) mass is 480 g/mol. The Morgan fingerprint density at radius 3 is 2.42 bits per heavy atom. The summed E-state index contributed by atoms with van der Waals surface area (Å²) < 4.78 is 44.6. The molecule has 1 N–H and O–H groups in total. The lowest BCUT2D eigenvalue weighted by atomic mass is 10.0. The predicted octanol–water partition coefficient (Wildman–Crippen LogP) is 4.08. The van der Waals surface area contributed by atoms with E-state index < -0.39 is 23.4 Å². The molecule has 0 saturated heterocycles. The molecule has 33 heavy (non-hydrogen) atoms. The van der Waals surface area contributed by atoms with E-state index in [0.717, 1.165) is 12.0 Å². The average molecular weight is 481 g/mol. The molecule has 0 bridgehead atoms. The lowest BCUT2D eigenvalue weighted by Gasteiger charge is -2.33. The van der Waals surface area contributed by atoms with E-state index in [2.05, 4.69) is 19.7 Å². The molecule has 1 amide bonds. The average Bonchev–Trinajstić information content (AvgIpc) is 2.78. The number of carbonyl (C=O) groups is 1. The van der Waals surface area contributed by atoms with Crippen LogP contribution in [0.15, 0.2) is 53.3 Å². The van der Waals surface area contributed by atoms with Crippen LogP contribution >= 0.6 is 11.6 Å². The zero-order valence-corrected chi connectivity index (χ0v) is 18.7. The number of halogens is 4. The van der Waals surface area contributed by atoms with Crippen LogP contribution in [0.1, 0.15) is 12.5 Å².